The van der Waals surface area contributed by atoms with E-state index in [0.29, 0.717) is 24.2 Å². The summed E-state index contributed by atoms with van der Waals surface area (Å²) >= 11 is 0. The van der Waals surface area contributed by atoms with Gasteiger partial charge >= 0.3 is 5.76 Å². The van der Waals surface area contributed by atoms with Crippen LogP contribution in [0.25, 0.3) is 11.1 Å². The van der Waals surface area contributed by atoms with Crippen LogP contribution in [-0.2, 0) is 17.1 Å². The summed E-state index contributed by atoms with van der Waals surface area (Å²) in [5, 5.41) is 0. The molecule has 10 heteroatoms. The van der Waals surface area contributed by atoms with Crippen molar-refractivity contribution in [1.82, 2.24) is 18.8 Å². The Balaban J connectivity index is 1.44. The Morgan fingerprint density at radius 2 is 1.89 bits per heavy atom. The highest BCUT2D eigenvalue weighted by molar-refractivity contribution is 7.89. The number of hydrogen-bond acceptors (Lipinski definition) is 7. The zero-order valence-corrected chi connectivity index (χ0v) is 16.3. The minimum absolute atomic E-state index is 0.0945. The van der Waals surface area contributed by atoms with Gasteiger partial charge in [0.05, 0.1) is 10.4 Å². The van der Waals surface area contributed by atoms with Gasteiger partial charge in [-0.2, -0.15) is 4.31 Å². The van der Waals surface area contributed by atoms with Crippen molar-refractivity contribution in [2.24, 2.45) is 7.05 Å². The number of aryl methyl sites for hydroxylation is 2. The molecule has 0 aliphatic carbocycles. The second-order valence-corrected chi connectivity index (χ2v) is 9.20. The third-order valence-electron chi connectivity index (χ3n) is 5.58. The number of fused-ring (bicyclic) bond motifs is 3. The van der Waals surface area contributed by atoms with E-state index in [1.165, 1.54) is 29.1 Å². The number of hydrogen-bond donors (Lipinski definition) is 0. The lowest BCUT2D eigenvalue weighted by Crippen LogP contribution is -2.70. The summed E-state index contributed by atoms with van der Waals surface area (Å²) in [6.07, 6.45) is 2.37. The maximum atomic E-state index is 13.3. The van der Waals surface area contributed by atoms with E-state index in [1.54, 1.807) is 11.4 Å². The highest BCUT2D eigenvalue weighted by Gasteiger charge is 2.51. The number of anilines is 1. The van der Waals surface area contributed by atoms with Crippen LogP contribution in [0.1, 0.15) is 12.1 Å². The number of benzene rings is 1. The first-order valence-corrected chi connectivity index (χ1v) is 10.5. The molecule has 5 heterocycles. The molecule has 2 atom stereocenters. The van der Waals surface area contributed by atoms with Crippen molar-refractivity contribution in [3.8, 4) is 0 Å². The van der Waals surface area contributed by atoms with Gasteiger partial charge in [-0.3, -0.25) is 4.57 Å². The van der Waals surface area contributed by atoms with Crippen molar-refractivity contribution in [2.75, 3.05) is 18.0 Å². The van der Waals surface area contributed by atoms with Gasteiger partial charge in [-0.1, -0.05) is 0 Å². The fourth-order valence-corrected chi connectivity index (χ4v) is 5.99. The Morgan fingerprint density at radius 1 is 1.14 bits per heavy atom. The topological polar surface area (TPSA) is 102 Å². The number of piperazine rings is 1. The van der Waals surface area contributed by atoms with E-state index in [1.807, 2.05) is 13.0 Å². The summed E-state index contributed by atoms with van der Waals surface area (Å²) in [7, 11) is -2.10. The molecule has 0 spiro atoms. The molecule has 28 heavy (non-hydrogen) atoms. The molecule has 146 valence electrons. The highest BCUT2D eigenvalue weighted by atomic mass is 32.2. The first kappa shape index (κ1) is 17.4. The summed E-state index contributed by atoms with van der Waals surface area (Å²) in [5.74, 6) is 0.315. The Morgan fingerprint density at radius 3 is 2.61 bits per heavy atom. The summed E-state index contributed by atoms with van der Waals surface area (Å²) in [6.45, 7) is 3.10. The van der Waals surface area contributed by atoms with Crippen LogP contribution in [0, 0.1) is 6.92 Å². The van der Waals surface area contributed by atoms with Crippen LogP contribution in [0.2, 0.25) is 0 Å². The zero-order chi connectivity index (χ0) is 19.6. The Hall–Kier alpha value is -2.72. The number of sulfonamides is 1. The molecule has 9 nitrogen and oxygen atoms in total. The monoisotopic (exact) mass is 401 g/mol. The van der Waals surface area contributed by atoms with Gasteiger partial charge in [0.2, 0.25) is 10.0 Å². The largest absolute Gasteiger partial charge is 0.419 e. The van der Waals surface area contributed by atoms with E-state index in [-0.39, 0.29) is 17.0 Å². The number of oxazole rings is 1. The molecular formula is C18H19N5O4S. The average molecular weight is 401 g/mol. The first-order valence-electron chi connectivity index (χ1n) is 9.01. The van der Waals surface area contributed by atoms with Gasteiger partial charge in [0.15, 0.2) is 5.58 Å². The Bertz CT molecular complexity index is 1240. The van der Waals surface area contributed by atoms with Crippen molar-refractivity contribution in [1.29, 1.82) is 0 Å². The number of aromatic nitrogens is 3. The third-order valence-corrected chi connectivity index (χ3v) is 7.58. The molecule has 3 aliphatic rings. The molecule has 2 aromatic heterocycles. The zero-order valence-electron chi connectivity index (χ0n) is 15.4. The summed E-state index contributed by atoms with van der Waals surface area (Å²) in [4.78, 5) is 22.4. The van der Waals surface area contributed by atoms with Gasteiger partial charge in [-0.25, -0.2) is 23.2 Å². The molecule has 2 bridgehead atoms. The standard InChI is InChI=1S/C18H19N5O4S/c1-11-5-17(20-10-19-11)22-8-12-6-13(9-22)23(12)28(25,26)14-3-4-16-15(7-14)21(2)18(24)27-16/h3-5,7,10,12-13H,6,8-9H2,1-2H3. The predicted octanol–water partition coefficient (Wildman–Crippen LogP) is 0.882. The van der Waals surface area contributed by atoms with Crippen LogP contribution in [0.4, 0.5) is 5.82 Å². The van der Waals surface area contributed by atoms with Gasteiger partial charge in [0, 0.05) is 44.0 Å². The minimum atomic E-state index is -3.66. The molecule has 0 saturated carbocycles. The second kappa shape index (κ2) is 5.89. The van der Waals surface area contributed by atoms with E-state index in [4.69, 9.17) is 4.42 Å². The van der Waals surface area contributed by atoms with Crippen molar-refractivity contribution in [2.45, 2.75) is 30.3 Å². The van der Waals surface area contributed by atoms with E-state index < -0.39 is 15.8 Å². The van der Waals surface area contributed by atoms with Crippen molar-refractivity contribution < 1.29 is 12.8 Å². The molecule has 2 unspecified atom stereocenters. The number of rotatable bonds is 3. The highest BCUT2D eigenvalue weighted by Crippen LogP contribution is 2.39. The van der Waals surface area contributed by atoms with Gasteiger partial charge in [-0.15, -0.1) is 0 Å². The molecule has 6 rings (SSSR count). The third kappa shape index (κ3) is 2.48. The fourth-order valence-electron chi connectivity index (χ4n) is 4.16. The number of nitrogens with zero attached hydrogens (tertiary/aromatic N) is 5. The molecule has 0 radical (unpaired) electrons. The first-order chi connectivity index (χ1) is 13.3. The number of piperidine rings is 1. The van der Waals surface area contributed by atoms with Crippen molar-refractivity contribution in [3.63, 3.8) is 0 Å². The predicted molar refractivity (Wildman–Crippen MR) is 102 cm³/mol. The van der Waals surface area contributed by atoms with Crippen LogP contribution < -0.4 is 10.7 Å². The molecule has 3 aromatic rings. The van der Waals surface area contributed by atoms with Crippen molar-refractivity contribution >= 4 is 26.9 Å². The minimum Gasteiger partial charge on any atom is -0.408 e. The van der Waals surface area contributed by atoms with Crippen LogP contribution in [0.3, 0.4) is 0 Å². The van der Waals surface area contributed by atoms with E-state index in [9.17, 15) is 13.2 Å². The lowest BCUT2D eigenvalue weighted by atomic mass is 9.91. The van der Waals surface area contributed by atoms with E-state index in [0.717, 1.165) is 17.9 Å². The molecule has 1 aromatic carbocycles. The maximum Gasteiger partial charge on any atom is 0.419 e. The van der Waals surface area contributed by atoms with Crippen LogP contribution >= 0.6 is 0 Å². The Labute approximate surface area is 161 Å². The molecular weight excluding hydrogens is 382 g/mol. The average Bonchev–Trinajstić information content (AvgIpc) is 2.95. The molecule has 0 N–H and O–H groups in total. The lowest BCUT2D eigenvalue weighted by molar-refractivity contribution is 0.0874. The molecule has 0 amide bonds. The quantitative estimate of drug-likeness (QED) is 0.642. The van der Waals surface area contributed by atoms with Gasteiger partial charge < -0.3 is 9.32 Å². The molecule has 3 fully saturated rings. The van der Waals surface area contributed by atoms with Crippen LogP contribution in [-0.4, -0.2) is 52.4 Å². The van der Waals surface area contributed by atoms with Crippen LogP contribution in [0.15, 0.2) is 44.7 Å². The smallest absolute Gasteiger partial charge is 0.408 e. The van der Waals surface area contributed by atoms with Gasteiger partial charge in [0.1, 0.15) is 12.1 Å². The van der Waals surface area contributed by atoms with Crippen LogP contribution in [0.5, 0.6) is 0 Å². The maximum absolute atomic E-state index is 13.3. The van der Waals surface area contributed by atoms with E-state index >= 15 is 0 Å². The summed E-state index contributed by atoms with van der Waals surface area (Å²) in [5.41, 5.74) is 1.73. The van der Waals surface area contributed by atoms with Crippen molar-refractivity contribution in [3.05, 3.63) is 46.8 Å². The van der Waals surface area contributed by atoms with E-state index in [2.05, 4.69) is 14.9 Å². The molecule has 3 saturated heterocycles. The lowest BCUT2D eigenvalue weighted by Gasteiger charge is -2.55. The molecule has 3 aliphatic heterocycles. The van der Waals surface area contributed by atoms with Gasteiger partial charge in [-0.05, 0) is 31.5 Å². The SMILES string of the molecule is Cc1cc(N2CC3CC(C2)N3S(=O)(=O)c2ccc3oc(=O)n(C)c3c2)ncn1. The second-order valence-electron chi connectivity index (χ2n) is 7.36. The van der Waals surface area contributed by atoms with Gasteiger partial charge in [0.25, 0.3) is 0 Å². The normalized spacial score (nSPS) is 22.4. The fraction of sp³-hybridized carbons (Fsp3) is 0.389. The Kier molecular flexibility index (Phi) is 3.65. The summed E-state index contributed by atoms with van der Waals surface area (Å²) in [6, 6.07) is 6.27. The summed E-state index contributed by atoms with van der Waals surface area (Å²) < 4.78 is 34.5.